The van der Waals surface area contributed by atoms with Crippen LogP contribution in [0.2, 0.25) is 0 Å². The molecule has 0 saturated carbocycles. The molecule has 1 aromatic heterocycles. The summed E-state index contributed by atoms with van der Waals surface area (Å²) in [5, 5.41) is 1.94. The summed E-state index contributed by atoms with van der Waals surface area (Å²) >= 11 is 0. The third-order valence-corrected chi connectivity index (χ3v) is 2.92. The molecule has 0 fully saturated rings. The van der Waals surface area contributed by atoms with Gasteiger partial charge in [-0.1, -0.05) is 18.2 Å². The predicted molar refractivity (Wildman–Crippen MR) is 67.3 cm³/mol. The molecule has 4 N–H and O–H groups in total. The number of furan rings is 1. The Morgan fingerprint density at radius 3 is 2.69 bits per heavy atom. The molecule has 0 amide bonds. The van der Waals surface area contributed by atoms with Crippen molar-refractivity contribution >= 4 is 33.3 Å². The summed E-state index contributed by atoms with van der Waals surface area (Å²) in [7, 11) is 0. The van der Waals surface area contributed by atoms with E-state index in [-0.39, 0.29) is 0 Å². The van der Waals surface area contributed by atoms with Gasteiger partial charge in [0, 0.05) is 11.1 Å². The second kappa shape index (κ2) is 2.92. The maximum absolute atomic E-state index is 6.08. The highest BCUT2D eigenvalue weighted by Gasteiger charge is 2.13. The molecule has 16 heavy (non-hydrogen) atoms. The molecular weight excluding hydrogens is 200 g/mol. The molecule has 0 bridgehead atoms. The highest BCUT2D eigenvalue weighted by molar-refractivity contribution is 6.14. The number of nitrogen functional groups attached to an aromatic ring is 2. The van der Waals surface area contributed by atoms with Gasteiger partial charge in [-0.2, -0.15) is 0 Å². The fraction of sp³-hybridized carbons (Fsp3) is 0.0769. The first-order valence-corrected chi connectivity index (χ1v) is 5.14. The lowest BCUT2D eigenvalue weighted by Crippen LogP contribution is -1.94. The van der Waals surface area contributed by atoms with Crippen molar-refractivity contribution in [1.82, 2.24) is 0 Å². The molecule has 3 aromatic rings. The summed E-state index contributed by atoms with van der Waals surface area (Å²) < 4.78 is 5.71. The lowest BCUT2D eigenvalue weighted by atomic mass is 10.1. The quantitative estimate of drug-likeness (QED) is 0.563. The number of nitrogens with two attached hydrogens (primary N) is 2. The predicted octanol–water partition coefficient (Wildman–Crippen LogP) is 3.06. The maximum Gasteiger partial charge on any atom is 0.160 e. The minimum atomic E-state index is 0.637. The zero-order valence-corrected chi connectivity index (χ0v) is 8.95. The average Bonchev–Trinajstić information content (AvgIpc) is 2.66. The smallest absolute Gasteiger partial charge is 0.160 e. The molecule has 1 heterocycles. The Bertz CT molecular complexity index is 698. The molecule has 0 aliphatic heterocycles. The number of fused-ring (bicyclic) bond motifs is 3. The molecule has 3 rings (SSSR count). The largest absolute Gasteiger partial charge is 0.454 e. The van der Waals surface area contributed by atoms with Gasteiger partial charge in [-0.25, -0.2) is 0 Å². The SMILES string of the molecule is Cc1cc(N)c2oc3ccccc3c2c1N. The number of rotatable bonds is 0. The van der Waals surface area contributed by atoms with Crippen LogP contribution < -0.4 is 11.5 Å². The first-order valence-electron chi connectivity index (χ1n) is 5.14. The molecule has 2 aromatic carbocycles. The Morgan fingerprint density at radius 2 is 1.88 bits per heavy atom. The lowest BCUT2D eigenvalue weighted by molar-refractivity contribution is 0.670. The Labute approximate surface area is 92.6 Å². The Hall–Kier alpha value is -2.16. The number of aryl methyl sites for hydroxylation is 1. The molecule has 0 spiro atoms. The third-order valence-electron chi connectivity index (χ3n) is 2.92. The van der Waals surface area contributed by atoms with Crippen molar-refractivity contribution in [1.29, 1.82) is 0 Å². The van der Waals surface area contributed by atoms with Crippen LogP contribution in [0.4, 0.5) is 11.4 Å². The van der Waals surface area contributed by atoms with Crippen molar-refractivity contribution in [3.8, 4) is 0 Å². The number of para-hydroxylation sites is 1. The van der Waals surface area contributed by atoms with Gasteiger partial charge in [0.2, 0.25) is 0 Å². The first kappa shape index (κ1) is 9.09. The van der Waals surface area contributed by atoms with Gasteiger partial charge < -0.3 is 15.9 Å². The first-order chi connectivity index (χ1) is 7.68. The summed E-state index contributed by atoms with van der Waals surface area (Å²) in [6, 6.07) is 9.67. The van der Waals surface area contributed by atoms with Crippen molar-refractivity contribution in [2.45, 2.75) is 6.92 Å². The van der Waals surface area contributed by atoms with Crippen LogP contribution in [0.25, 0.3) is 21.9 Å². The van der Waals surface area contributed by atoms with Gasteiger partial charge in [-0.15, -0.1) is 0 Å². The third kappa shape index (κ3) is 1.03. The van der Waals surface area contributed by atoms with Crippen molar-refractivity contribution in [2.75, 3.05) is 11.5 Å². The second-order valence-corrected chi connectivity index (χ2v) is 4.00. The summed E-state index contributed by atoms with van der Waals surface area (Å²) in [6.45, 7) is 1.95. The Balaban J connectivity index is 2.66. The number of hydrogen-bond acceptors (Lipinski definition) is 3. The van der Waals surface area contributed by atoms with Crippen molar-refractivity contribution < 1.29 is 4.42 Å². The summed E-state index contributed by atoms with van der Waals surface area (Å²) in [6.07, 6.45) is 0. The van der Waals surface area contributed by atoms with Crippen LogP contribution in [0, 0.1) is 6.92 Å². The minimum absolute atomic E-state index is 0.637. The van der Waals surface area contributed by atoms with Crippen LogP contribution in [-0.4, -0.2) is 0 Å². The normalized spacial score (nSPS) is 11.3. The topological polar surface area (TPSA) is 65.2 Å². The van der Waals surface area contributed by atoms with Crippen LogP contribution in [0.15, 0.2) is 34.7 Å². The minimum Gasteiger partial charge on any atom is -0.454 e. The van der Waals surface area contributed by atoms with E-state index in [1.165, 1.54) is 0 Å². The molecule has 3 heteroatoms. The molecule has 0 saturated heterocycles. The van der Waals surface area contributed by atoms with E-state index < -0.39 is 0 Å². The summed E-state index contributed by atoms with van der Waals surface area (Å²) in [5.74, 6) is 0. The second-order valence-electron chi connectivity index (χ2n) is 4.00. The Kier molecular flexibility index (Phi) is 1.66. The molecule has 0 unspecified atom stereocenters. The van der Waals surface area contributed by atoms with E-state index >= 15 is 0 Å². The van der Waals surface area contributed by atoms with Crippen LogP contribution in [-0.2, 0) is 0 Å². The Morgan fingerprint density at radius 1 is 1.12 bits per heavy atom. The van der Waals surface area contributed by atoms with Crippen LogP contribution >= 0.6 is 0 Å². The monoisotopic (exact) mass is 212 g/mol. The van der Waals surface area contributed by atoms with Crippen LogP contribution in [0.3, 0.4) is 0 Å². The van der Waals surface area contributed by atoms with Crippen LogP contribution in [0.5, 0.6) is 0 Å². The molecule has 0 radical (unpaired) electrons. The zero-order valence-electron chi connectivity index (χ0n) is 8.95. The van der Waals surface area contributed by atoms with E-state index in [4.69, 9.17) is 15.9 Å². The zero-order chi connectivity index (χ0) is 11.3. The maximum atomic E-state index is 6.08. The van der Waals surface area contributed by atoms with Crippen LogP contribution in [0.1, 0.15) is 5.56 Å². The molecule has 0 aliphatic carbocycles. The van der Waals surface area contributed by atoms with Gasteiger partial charge in [0.25, 0.3) is 0 Å². The number of hydrogen-bond donors (Lipinski definition) is 2. The van der Waals surface area contributed by atoms with E-state index in [1.54, 1.807) is 0 Å². The molecular formula is C13H12N2O. The van der Waals surface area contributed by atoms with Crippen molar-refractivity contribution in [2.24, 2.45) is 0 Å². The number of benzene rings is 2. The standard InChI is InChI=1S/C13H12N2O/c1-7-6-9(14)13-11(12(7)15)8-4-2-3-5-10(8)16-13/h2-6H,14-15H2,1H3. The van der Waals surface area contributed by atoms with Gasteiger partial charge in [-0.3, -0.25) is 0 Å². The van der Waals surface area contributed by atoms with Gasteiger partial charge in [0.1, 0.15) is 5.58 Å². The van der Waals surface area contributed by atoms with Crippen molar-refractivity contribution in [3.63, 3.8) is 0 Å². The molecule has 0 aliphatic rings. The molecule has 80 valence electrons. The molecule has 3 nitrogen and oxygen atoms in total. The van der Waals surface area contributed by atoms with Gasteiger partial charge in [0.15, 0.2) is 5.58 Å². The van der Waals surface area contributed by atoms with Gasteiger partial charge in [0.05, 0.1) is 11.1 Å². The van der Waals surface area contributed by atoms with Gasteiger partial charge in [-0.05, 0) is 24.6 Å². The average molecular weight is 212 g/mol. The molecule has 0 atom stereocenters. The lowest BCUT2D eigenvalue weighted by Gasteiger charge is -2.03. The fourth-order valence-corrected chi connectivity index (χ4v) is 2.09. The summed E-state index contributed by atoms with van der Waals surface area (Å²) in [4.78, 5) is 0. The van der Waals surface area contributed by atoms with E-state index in [2.05, 4.69) is 0 Å². The van der Waals surface area contributed by atoms with Crippen molar-refractivity contribution in [3.05, 3.63) is 35.9 Å². The number of anilines is 2. The van der Waals surface area contributed by atoms with Gasteiger partial charge >= 0.3 is 0 Å². The van der Waals surface area contributed by atoms with E-state index in [1.807, 2.05) is 37.3 Å². The summed E-state index contributed by atoms with van der Waals surface area (Å²) in [5.41, 5.74) is 15.9. The highest BCUT2D eigenvalue weighted by atomic mass is 16.3. The highest BCUT2D eigenvalue weighted by Crippen LogP contribution is 2.37. The van der Waals surface area contributed by atoms with E-state index in [9.17, 15) is 0 Å². The van der Waals surface area contributed by atoms with E-state index in [0.717, 1.165) is 27.6 Å². The van der Waals surface area contributed by atoms with E-state index in [0.29, 0.717) is 11.3 Å². The fourth-order valence-electron chi connectivity index (χ4n) is 2.09.